The van der Waals surface area contributed by atoms with Gasteiger partial charge in [0, 0.05) is 13.7 Å². The monoisotopic (exact) mass is 250 g/mol. The summed E-state index contributed by atoms with van der Waals surface area (Å²) in [5.41, 5.74) is 3.05. The van der Waals surface area contributed by atoms with Crippen molar-refractivity contribution in [2.75, 3.05) is 20.3 Å². The number of hydrogen-bond donors (Lipinski definition) is 0. The Labute approximate surface area is 111 Å². The maximum atomic E-state index is 5.28. The van der Waals surface area contributed by atoms with Crippen LogP contribution in [0, 0.1) is 5.41 Å². The van der Waals surface area contributed by atoms with Gasteiger partial charge in [-0.05, 0) is 44.1 Å². The van der Waals surface area contributed by atoms with Gasteiger partial charge in [-0.2, -0.15) is 5.10 Å². The standard InChI is InChI=1S/C15H26N2O/c1-12-8-13(10-15(2,3)9-12)16-17-7-5-6-14(17)11-18-4/h8,14H,5-7,9-11H2,1-4H3/b16-13-/t14-/m1/s1. The lowest BCUT2D eigenvalue weighted by Crippen LogP contribution is -2.31. The second-order valence-corrected chi connectivity index (χ2v) is 6.51. The fourth-order valence-corrected chi connectivity index (χ4v) is 3.24. The van der Waals surface area contributed by atoms with Crippen molar-refractivity contribution in [3.63, 3.8) is 0 Å². The van der Waals surface area contributed by atoms with Crippen molar-refractivity contribution in [3.8, 4) is 0 Å². The number of nitrogens with zero attached hydrogens (tertiary/aromatic N) is 2. The summed E-state index contributed by atoms with van der Waals surface area (Å²) in [5, 5.41) is 7.11. The molecule has 0 radical (unpaired) electrons. The van der Waals surface area contributed by atoms with Gasteiger partial charge in [-0.3, -0.25) is 5.01 Å². The van der Waals surface area contributed by atoms with E-state index in [1.165, 1.54) is 30.5 Å². The molecule has 0 N–H and O–H groups in total. The highest BCUT2D eigenvalue weighted by molar-refractivity contribution is 5.96. The summed E-state index contributed by atoms with van der Waals surface area (Å²) >= 11 is 0. The first-order chi connectivity index (χ1) is 8.50. The van der Waals surface area contributed by atoms with Crippen molar-refractivity contribution in [3.05, 3.63) is 11.6 Å². The van der Waals surface area contributed by atoms with Gasteiger partial charge in [0.2, 0.25) is 0 Å². The van der Waals surface area contributed by atoms with E-state index in [0.29, 0.717) is 11.5 Å². The number of hydrogen-bond acceptors (Lipinski definition) is 3. The van der Waals surface area contributed by atoms with Crippen LogP contribution in [-0.2, 0) is 4.74 Å². The summed E-state index contributed by atoms with van der Waals surface area (Å²) in [6, 6.07) is 0.473. The Morgan fingerprint density at radius 2 is 2.22 bits per heavy atom. The minimum atomic E-state index is 0.355. The fraction of sp³-hybridized carbons (Fsp3) is 0.800. The average Bonchev–Trinajstić information content (AvgIpc) is 2.63. The zero-order valence-electron chi connectivity index (χ0n) is 12.2. The lowest BCUT2D eigenvalue weighted by molar-refractivity contribution is 0.117. The highest BCUT2D eigenvalue weighted by Crippen LogP contribution is 2.34. The molecule has 102 valence electrons. The van der Waals surface area contributed by atoms with Crippen LogP contribution in [-0.4, -0.2) is 37.0 Å². The number of rotatable bonds is 3. The number of ether oxygens (including phenoxy) is 1. The topological polar surface area (TPSA) is 24.8 Å². The molecule has 0 aromatic rings. The molecule has 2 rings (SSSR count). The molecule has 1 aliphatic heterocycles. The fourth-order valence-electron chi connectivity index (χ4n) is 3.24. The first kappa shape index (κ1) is 13.6. The molecular formula is C15H26N2O. The Morgan fingerprint density at radius 3 is 2.89 bits per heavy atom. The highest BCUT2D eigenvalue weighted by atomic mass is 16.5. The zero-order valence-corrected chi connectivity index (χ0v) is 12.2. The minimum absolute atomic E-state index is 0.355. The third kappa shape index (κ3) is 3.35. The number of hydrazone groups is 1. The van der Waals surface area contributed by atoms with Crippen LogP contribution in [0.5, 0.6) is 0 Å². The van der Waals surface area contributed by atoms with Gasteiger partial charge in [-0.15, -0.1) is 0 Å². The van der Waals surface area contributed by atoms with Crippen LogP contribution in [0.15, 0.2) is 16.8 Å². The molecular weight excluding hydrogens is 224 g/mol. The van der Waals surface area contributed by atoms with Gasteiger partial charge in [0.25, 0.3) is 0 Å². The van der Waals surface area contributed by atoms with Gasteiger partial charge < -0.3 is 4.74 Å². The normalized spacial score (nSPS) is 29.8. The van der Waals surface area contributed by atoms with Crippen molar-refractivity contribution in [2.24, 2.45) is 10.5 Å². The van der Waals surface area contributed by atoms with Crippen LogP contribution >= 0.6 is 0 Å². The Bertz CT molecular complexity index is 358. The van der Waals surface area contributed by atoms with Gasteiger partial charge in [0.15, 0.2) is 0 Å². The summed E-state index contributed by atoms with van der Waals surface area (Å²) in [6.07, 6.45) is 6.98. The van der Waals surface area contributed by atoms with Crippen molar-refractivity contribution in [1.29, 1.82) is 0 Å². The van der Waals surface area contributed by atoms with Crippen molar-refractivity contribution in [2.45, 2.75) is 52.5 Å². The Kier molecular flexibility index (Phi) is 4.10. The molecule has 0 unspecified atom stereocenters. The molecule has 1 aliphatic carbocycles. The second kappa shape index (κ2) is 5.43. The van der Waals surface area contributed by atoms with Gasteiger partial charge in [-0.1, -0.05) is 19.4 Å². The molecule has 1 fully saturated rings. The smallest absolute Gasteiger partial charge is 0.0704 e. The Morgan fingerprint density at radius 1 is 1.44 bits per heavy atom. The molecule has 0 amide bonds. The molecule has 0 aromatic heterocycles. The van der Waals surface area contributed by atoms with E-state index in [-0.39, 0.29) is 0 Å². The molecule has 0 aromatic carbocycles. The first-order valence-corrected chi connectivity index (χ1v) is 7.00. The highest BCUT2D eigenvalue weighted by Gasteiger charge is 2.27. The predicted molar refractivity (Wildman–Crippen MR) is 75.8 cm³/mol. The first-order valence-electron chi connectivity index (χ1n) is 7.00. The minimum Gasteiger partial charge on any atom is -0.382 e. The second-order valence-electron chi connectivity index (χ2n) is 6.51. The molecule has 0 bridgehead atoms. The van der Waals surface area contributed by atoms with E-state index in [1.807, 2.05) is 0 Å². The van der Waals surface area contributed by atoms with E-state index < -0.39 is 0 Å². The molecule has 18 heavy (non-hydrogen) atoms. The van der Waals surface area contributed by atoms with Crippen molar-refractivity contribution in [1.82, 2.24) is 5.01 Å². The Hall–Kier alpha value is -0.830. The lowest BCUT2D eigenvalue weighted by atomic mass is 9.77. The summed E-state index contributed by atoms with van der Waals surface area (Å²) in [5.74, 6) is 0. The number of allylic oxidation sites excluding steroid dienone is 2. The summed E-state index contributed by atoms with van der Waals surface area (Å²) in [7, 11) is 1.78. The molecule has 3 nitrogen and oxygen atoms in total. The third-order valence-corrected chi connectivity index (χ3v) is 3.79. The largest absolute Gasteiger partial charge is 0.382 e. The zero-order chi connectivity index (χ0) is 13.2. The van der Waals surface area contributed by atoms with E-state index in [2.05, 4.69) is 31.9 Å². The van der Waals surface area contributed by atoms with Crippen LogP contribution < -0.4 is 0 Å². The maximum absolute atomic E-state index is 5.28. The van der Waals surface area contributed by atoms with Crippen LogP contribution in [0.4, 0.5) is 0 Å². The van der Waals surface area contributed by atoms with Gasteiger partial charge in [0.1, 0.15) is 0 Å². The molecule has 1 atom stereocenters. The Balaban J connectivity index is 2.10. The molecule has 1 heterocycles. The van der Waals surface area contributed by atoms with E-state index in [1.54, 1.807) is 7.11 Å². The molecule has 0 saturated carbocycles. The van der Waals surface area contributed by atoms with Crippen LogP contribution in [0.2, 0.25) is 0 Å². The summed E-state index contributed by atoms with van der Waals surface area (Å²) in [4.78, 5) is 0. The average molecular weight is 250 g/mol. The van der Waals surface area contributed by atoms with Crippen molar-refractivity contribution < 1.29 is 4.74 Å². The van der Waals surface area contributed by atoms with Gasteiger partial charge >= 0.3 is 0 Å². The molecule has 0 spiro atoms. The van der Waals surface area contributed by atoms with E-state index >= 15 is 0 Å². The molecule has 3 heteroatoms. The van der Waals surface area contributed by atoms with E-state index in [0.717, 1.165) is 19.6 Å². The van der Waals surface area contributed by atoms with Gasteiger partial charge in [0.05, 0.1) is 18.4 Å². The molecule has 2 aliphatic rings. The predicted octanol–water partition coefficient (Wildman–Crippen LogP) is 3.22. The van der Waals surface area contributed by atoms with E-state index in [4.69, 9.17) is 9.84 Å². The third-order valence-electron chi connectivity index (χ3n) is 3.79. The quantitative estimate of drug-likeness (QED) is 0.768. The van der Waals surface area contributed by atoms with Crippen molar-refractivity contribution >= 4 is 5.71 Å². The van der Waals surface area contributed by atoms with Crippen LogP contribution in [0.3, 0.4) is 0 Å². The number of methoxy groups -OCH3 is 1. The summed E-state index contributed by atoms with van der Waals surface area (Å²) in [6.45, 7) is 8.74. The molecule has 1 saturated heterocycles. The summed E-state index contributed by atoms with van der Waals surface area (Å²) < 4.78 is 5.28. The maximum Gasteiger partial charge on any atom is 0.0704 e. The lowest BCUT2D eigenvalue weighted by Gasteiger charge is -2.31. The van der Waals surface area contributed by atoms with Crippen LogP contribution in [0.25, 0.3) is 0 Å². The SMILES string of the molecule is COC[C@H]1CCCN1/N=C1/C=C(C)CC(C)(C)C1. The van der Waals surface area contributed by atoms with Crippen LogP contribution in [0.1, 0.15) is 46.5 Å². The van der Waals surface area contributed by atoms with Gasteiger partial charge in [-0.25, -0.2) is 0 Å². The van der Waals surface area contributed by atoms with E-state index in [9.17, 15) is 0 Å².